The van der Waals surface area contributed by atoms with Gasteiger partial charge in [0.2, 0.25) is 0 Å². The van der Waals surface area contributed by atoms with Crippen molar-refractivity contribution in [2.45, 2.75) is 27.7 Å². The summed E-state index contributed by atoms with van der Waals surface area (Å²) in [5, 5.41) is 0.772. The van der Waals surface area contributed by atoms with Gasteiger partial charge in [-0.2, -0.15) is 0 Å². The Kier molecular flexibility index (Phi) is 13.0. The van der Waals surface area contributed by atoms with Gasteiger partial charge in [0, 0.05) is 0 Å². The molecule has 2 aromatic carbocycles. The number of para-hydroxylation sites is 2. The zero-order valence-corrected chi connectivity index (χ0v) is 22.6. The number of benzene rings is 2. The Hall–Kier alpha value is -1.70. The standard InChI is InChI=1S/C24H36O9P2/c1-5-30-34(25,31-6-2)23-15-11-9-13-21(23)28-19-17-27-18-20-29-22-14-10-12-16-24(22)35(26,32-7-3)33-8-4/h9-16H,5-8,17-20H2,1-4H3. The maximum Gasteiger partial charge on any atom is 0.365 e. The summed E-state index contributed by atoms with van der Waals surface area (Å²) >= 11 is 0. The zero-order valence-electron chi connectivity index (χ0n) is 20.8. The van der Waals surface area contributed by atoms with Gasteiger partial charge in [0.1, 0.15) is 35.3 Å². The highest BCUT2D eigenvalue weighted by Crippen LogP contribution is 2.50. The van der Waals surface area contributed by atoms with Crippen molar-refractivity contribution in [3.05, 3.63) is 48.5 Å². The Balaban J connectivity index is 1.87. The van der Waals surface area contributed by atoms with Gasteiger partial charge in [-0.15, -0.1) is 0 Å². The molecule has 2 aromatic rings. The van der Waals surface area contributed by atoms with Crippen LogP contribution in [0.5, 0.6) is 11.5 Å². The van der Waals surface area contributed by atoms with Gasteiger partial charge in [-0.05, 0) is 52.0 Å². The number of ether oxygens (including phenoxy) is 3. The molecule has 0 heterocycles. The van der Waals surface area contributed by atoms with E-state index in [-0.39, 0.29) is 52.9 Å². The van der Waals surface area contributed by atoms with Crippen LogP contribution in [-0.4, -0.2) is 52.9 Å². The van der Waals surface area contributed by atoms with E-state index in [1.165, 1.54) is 0 Å². The van der Waals surface area contributed by atoms with Gasteiger partial charge in [0.05, 0.1) is 39.6 Å². The number of hydrogen-bond acceptors (Lipinski definition) is 9. The van der Waals surface area contributed by atoms with Gasteiger partial charge in [0.25, 0.3) is 0 Å². The molecule has 196 valence electrons. The van der Waals surface area contributed by atoms with Crippen molar-refractivity contribution in [1.29, 1.82) is 0 Å². The third-order valence-corrected chi connectivity index (χ3v) is 8.80. The van der Waals surface area contributed by atoms with Gasteiger partial charge in [-0.3, -0.25) is 9.13 Å². The lowest BCUT2D eigenvalue weighted by Gasteiger charge is -2.20. The largest absolute Gasteiger partial charge is 0.490 e. The molecular formula is C24H36O9P2. The van der Waals surface area contributed by atoms with Gasteiger partial charge in [-0.25, -0.2) is 0 Å². The Bertz CT molecular complexity index is 885. The fourth-order valence-electron chi connectivity index (χ4n) is 3.17. The molecule has 35 heavy (non-hydrogen) atoms. The minimum atomic E-state index is -3.47. The third kappa shape index (κ3) is 8.72. The van der Waals surface area contributed by atoms with Gasteiger partial charge in [-0.1, -0.05) is 24.3 Å². The highest BCUT2D eigenvalue weighted by molar-refractivity contribution is 7.62. The van der Waals surface area contributed by atoms with Crippen molar-refractivity contribution < 1.29 is 41.4 Å². The van der Waals surface area contributed by atoms with E-state index in [4.69, 9.17) is 32.3 Å². The lowest BCUT2D eigenvalue weighted by atomic mass is 10.3. The zero-order chi connectivity index (χ0) is 25.6. The van der Waals surface area contributed by atoms with E-state index in [0.717, 1.165) is 0 Å². The Morgan fingerprint density at radius 1 is 0.543 bits per heavy atom. The van der Waals surface area contributed by atoms with Crippen LogP contribution in [-0.2, 0) is 32.0 Å². The molecule has 0 bridgehead atoms. The summed E-state index contributed by atoms with van der Waals surface area (Å²) in [6.45, 7) is 9.07. The maximum atomic E-state index is 13.1. The smallest absolute Gasteiger partial charge is 0.365 e. The van der Waals surface area contributed by atoms with E-state index in [1.54, 1.807) is 76.2 Å². The van der Waals surface area contributed by atoms with Gasteiger partial charge in [0.15, 0.2) is 0 Å². The third-order valence-electron chi connectivity index (χ3n) is 4.49. The second-order valence-corrected chi connectivity index (χ2v) is 10.9. The van der Waals surface area contributed by atoms with E-state index in [0.29, 0.717) is 22.1 Å². The Labute approximate surface area is 208 Å². The van der Waals surface area contributed by atoms with Crippen molar-refractivity contribution in [3.63, 3.8) is 0 Å². The quantitative estimate of drug-likeness (QED) is 0.196. The van der Waals surface area contributed by atoms with Gasteiger partial charge < -0.3 is 32.3 Å². The summed E-state index contributed by atoms with van der Waals surface area (Å²) in [5.74, 6) is 0.850. The van der Waals surface area contributed by atoms with Crippen LogP contribution in [0.3, 0.4) is 0 Å². The fourth-order valence-corrected chi connectivity index (χ4v) is 6.59. The van der Waals surface area contributed by atoms with Crippen LogP contribution in [0.15, 0.2) is 48.5 Å². The summed E-state index contributed by atoms with van der Waals surface area (Å²) in [6, 6.07) is 13.9. The molecule has 0 aliphatic heterocycles. The fraction of sp³-hybridized carbons (Fsp3) is 0.500. The molecule has 0 radical (unpaired) electrons. The molecule has 0 aromatic heterocycles. The minimum absolute atomic E-state index is 0.232. The summed E-state index contributed by atoms with van der Waals surface area (Å²) in [4.78, 5) is 0. The topological polar surface area (TPSA) is 98.8 Å². The van der Waals surface area contributed by atoms with Crippen LogP contribution in [0.2, 0.25) is 0 Å². The van der Waals surface area contributed by atoms with E-state index in [9.17, 15) is 9.13 Å². The van der Waals surface area contributed by atoms with E-state index in [2.05, 4.69) is 0 Å². The average molecular weight is 530 g/mol. The van der Waals surface area contributed by atoms with Crippen LogP contribution < -0.4 is 20.1 Å². The normalized spacial score (nSPS) is 12.0. The van der Waals surface area contributed by atoms with Crippen LogP contribution in [0.1, 0.15) is 27.7 Å². The molecule has 0 atom stereocenters. The lowest BCUT2D eigenvalue weighted by molar-refractivity contribution is 0.0767. The molecule has 0 amide bonds. The first-order valence-corrected chi connectivity index (χ1v) is 14.8. The molecule has 0 saturated heterocycles. The molecule has 0 unspecified atom stereocenters. The van der Waals surface area contributed by atoms with Crippen molar-refractivity contribution in [2.24, 2.45) is 0 Å². The molecule has 0 spiro atoms. The van der Waals surface area contributed by atoms with Crippen LogP contribution in [0.4, 0.5) is 0 Å². The molecule has 0 aliphatic carbocycles. The van der Waals surface area contributed by atoms with Crippen molar-refractivity contribution in [1.82, 2.24) is 0 Å². The summed E-state index contributed by atoms with van der Waals surface area (Å²) in [7, 11) is -6.94. The minimum Gasteiger partial charge on any atom is -0.490 e. The SMILES string of the molecule is CCOP(=O)(OCC)c1ccccc1OCCOCCOc1ccccc1P(=O)(OCC)OCC. The highest BCUT2D eigenvalue weighted by atomic mass is 31.2. The average Bonchev–Trinajstić information content (AvgIpc) is 2.84. The Morgan fingerprint density at radius 2 is 0.886 bits per heavy atom. The maximum absolute atomic E-state index is 13.1. The van der Waals surface area contributed by atoms with E-state index >= 15 is 0 Å². The lowest BCUT2D eigenvalue weighted by Crippen LogP contribution is -2.18. The second-order valence-electron chi connectivity index (χ2n) is 6.91. The molecule has 2 rings (SSSR count). The predicted molar refractivity (Wildman–Crippen MR) is 136 cm³/mol. The molecule has 0 N–H and O–H groups in total. The molecule has 0 saturated carbocycles. The number of hydrogen-bond donors (Lipinski definition) is 0. The molecule has 0 fully saturated rings. The van der Waals surface area contributed by atoms with Crippen LogP contribution in [0, 0.1) is 0 Å². The van der Waals surface area contributed by atoms with Crippen molar-refractivity contribution in [3.8, 4) is 11.5 Å². The van der Waals surface area contributed by atoms with E-state index in [1.807, 2.05) is 0 Å². The van der Waals surface area contributed by atoms with Crippen LogP contribution >= 0.6 is 15.2 Å². The second kappa shape index (κ2) is 15.4. The first-order chi connectivity index (χ1) is 16.9. The molecular weight excluding hydrogens is 494 g/mol. The Morgan fingerprint density at radius 3 is 1.23 bits per heavy atom. The number of rotatable bonds is 18. The molecule has 9 nitrogen and oxygen atoms in total. The molecule has 0 aliphatic rings. The first kappa shape index (κ1) is 29.5. The van der Waals surface area contributed by atoms with Gasteiger partial charge >= 0.3 is 15.2 Å². The predicted octanol–water partition coefficient (Wildman–Crippen LogP) is 4.94. The first-order valence-electron chi connectivity index (χ1n) is 11.7. The summed E-state index contributed by atoms with van der Waals surface area (Å²) in [6.07, 6.45) is 0. The summed E-state index contributed by atoms with van der Waals surface area (Å²) < 4.78 is 65.1. The summed E-state index contributed by atoms with van der Waals surface area (Å²) in [5.41, 5.74) is 0. The van der Waals surface area contributed by atoms with Crippen LogP contribution in [0.25, 0.3) is 0 Å². The van der Waals surface area contributed by atoms with E-state index < -0.39 is 15.2 Å². The van der Waals surface area contributed by atoms with Crippen molar-refractivity contribution >= 4 is 25.8 Å². The monoisotopic (exact) mass is 530 g/mol. The highest BCUT2D eigenvalue weighted by Gasteiger charge is 2.31. The van der Waals surface area contributed by atoms with Crippen molar-refractivity contribution in [2.75, 3.05) is 52.9 Å². The molecule has 11 heteroatoms.